The van der Waals surface area contributed by atoms with Crippen molar-refractivity contribution in [3.05, 3.63) is 83.0 Å². The van der Waals surface area contributed by atoms with Gasteiger partial charge >= 0.3 is 5.97 Å². The van der Waals surface area contributed by atoms with E-state index in [0.717, 1.165) is 10.0 Å². The molecule has 0 saturated heterocycles. The number of hydrogen-bond acceptors (Lipinski definition) is 8. The van der Waals surface area contributed by atoms with Crippen LogP contribution in [0.4, 0.5) is 0 Å². The van der Waals surface area contributed by atoms with E-state index in [0.29, 0.717) is 50.0 Å². The van der Waals surface area contributed by atoms with E-state index in [4.69, 9.17) is 18.9 Å². The number of rotatable bonds is 8. The minimum Gasteiger partial charge on any atom is -0.494 e. The van der Waals surface area contributed by atoms with Crippen molar-refractivity contribution in [2.24, 2.45) is 4.99 Å². The second kappa shape index (κ2) is 11.4. The van der Waals surface area contributed by atoms with Crippen LogP contribution in [0, 0.1) is 0 Å². The highest BCUT2D eigenvalue weighted by Crippen LogP contribution is 2.36. The summed E-state index contributed by atoms with van der Waals surface area (Å²) >= 11 is 4.80. The van der Waals surface area contributed by atoms with Gasteiger partial charge in [0.15, 0.2) is 16.3 Å². The van der Waals surface area contributed by atoms with Gasteiger partial charge in [0.05, 0.1) is 43.2 Å². The molecule has 2 aromatic carbocycles. The number of allylic oxidation sites excluding steroid dienone is 1. The standard InChI is InChI=1S/C27H27BrN2O6S/c1-6-35-19-11-9-8-10-17(19)24-23(26(32)36-7-2)15(3)29-27-30(24)25(31)22(37-27)13-16-12-20(33-4)21(34-5)14-18(16)28/h8-14,24H,6-7H2,1-5H3/b22-13-/t24-/m0/s1. The average Bonchev–Trinajstić information content (AvgIpc) is 3.19. The largest absolute Gasteiger partial charge is 0.494 e. The van der Waals surface area contributed by atoms with Gasteiger partial charge in [-0.1, -0.05) is 45.5 Å². The summed E-state index contributed by atoms with van der Waals surface area (Å²) in [5, 5.41) is 0. The topological polar surface area (TPSA) is 88.4 Å². The maximum atomic E-state index is 13.9. The number of para-hydroxylation sites is 1. The molecule has 8 nitrogen and oxygen atoms in total. The van der Waals surface area contributed by atoms with E-state index in [-0.39, 0.29) is 12.2 Å². The minimum atomic E-state index is -0.756. The van der Waals surface area contributed by atoms with Gasteiger partial charge in [0, 0.05) is 10.0 Å². The van der Waals surface area contributed by atoms with Crippen LogP contribution in [0.25, 0.3) is 6.08 Å². The van der Waals surface area contributed by atoms with Crippen molar-refractivity contribution in [3.63, 3.8) is 0 Å². The molecule has 1 aromatic heterocycles. The molecule has 0 saturated carbocycles. The van der Waals surface area contributed by atoms with E-state index in [9.17, 15) is 9.59 Å². The number of fused-ring (bicyclic) bond motifs is 1. The third kappa shape index (κ3) is 5.08. The number of methoxy groups -OCH3 is 2. The molecular weight excluding hydrogens is 560 g/mol. The zero-order valence-corrected chi connectivity index (χ0v) is 23.6. The lowest BCUT2D eigenvalue weighted by atomic mass is 9.95. The lowest BCUT2D eigenvalue weighted by Crippen LogP contribution is -2.40. The fraction of sp³-hybridized carbons (Fsp3) is 0.296. The summed E-state index contributed by atoms with van der Waals surface area (Å²) in [6.07, 6.45) is 1.77. The third-order valence-electron chi connectivity index (χ3n) is 5.82. The van der Waals surface area contributed by atoms with E-state index < -0.39 is 12.0 Å². The van der Waals surface area contributed by atoms with Gasteiger partial charge in [0.25, 0.3) is 5.56 Å². The summed E-state index contributed by atoms with van der Waals surface area (Å²) in [6.45, 7) is 6.02. The normalized spacial score (nSPS) is 15.2. The first kappa shape index (κ1) is 26.7. The molecule has 3 aromatic rings. The zero-order valence-electron chi connectivity index (χ0n) is 21.2. The van der Waals surface area contributed by atoms with Gasteiger partial charge in [-0.25, -0.2) is 9.79 Å². The highest BCUT2D eigenvalue weighted by molar-refractivity contribution is 9.10. The Bertz CT molecular complexity index is 1560. The Hall–Kier alpha value is -3.37. The molecule has 2 heterocycles. The Kier molecular flexibility index (Phi) is 8.19. The summed E-state index contributed by atoms with van der Waals surface area (Å²) in [5.74, 6) is 1.17. The summed E-state index contributed by atoms with van der Waals surface area (Å²) in [6, 6.07) is 10.2. The first-order chi connectivity index (χ1) is 17.8. The van der Waals surface area contributed by atoms with E-state index in [1.54, 1.807) is 50.8 Å². The molecule has 194 valence electrons. The molecule has 0 bridgehead atoms. The summed E-state index contributed by atoms with van der Waals surface area (Å²) in [4.78, 5) is 32.1. The Morgan fingerprint density at radius 2 is 1.81 bits per heavy atom. The molecule has 4 rings (SSSR count). The average molecular weight is 587 g/mol. The van der Waals surface area contributed by atoms with E-state index in [1.807, 2.05) is 31.2 Å². The molecule has 0 radical (unpaired) electrons. The van der Waals surface area contributed by atoms with Crippen LogP contribution in [0.1, 0.15) is 37.9 Å². The van der Waals surface area contributed by atoms with Gasteiger partial charge in [-0.2, -0.15) is 0 Å². The minimum absolute atomic E-state index is 0.202. The lowest BCUT2D eigenvalue weighted by molar-refractivity contribution is -0.139. The Morgan fingerprint density at radius 1 is 1.11 bits per heavy atom. The van der Waals surface area contributed by atoms with Gasteiger partial charge in [-0.05, 0) is 50.6 Å². The fourth-order valence-corrected chi connectivity index (χ4v) is 5.68. The van der Waals surface area contributed by atoms with E-state index in [1.165, 1.54) is 11.3 Å². The molecule has 37 heavy (non-hydrogen) atoms. The summed E-state index contributed by atoms with van der Waals surface area (Å²) in [5.41, 5.74) is 1.93. The monoisotopic (exact) mass is 586 g/mol. The van der Waals surface area contributed by atoms with Crippen LogP contribution >= 0.6 is 27.3 Å². The molecule has 0 spiro atoms. The van der Waals surface area contributed by atoms with Crippen molar-refractivity contribution < 1.29 is 23.7 Å². The molecular formula is C27H27BrN2O6S. The second-order valence-electron chi connectivity index (χ2n) is 8.00. The molecule has 0 amide bonds. The SMILES string of the molecule is CCOC(=O)C1=C(C)N=c2s/c(=C\c3cc(OC)c(OC)cc3Br)c(=O)n2[C@H]1c1ccccc1OCC. The maximum absolute atomic E-state index is 13.9. The van der Waals surface area contributed by atoms with E-state index in [2.05, 4.69) is 20.9 Å². The molecule has 10 heteroatoms. The number of carbonyl (C=O) groups excluding carboxylic acids is 1. The van der Waals surface area contributed by atoms with Crippen molar-refractivity contribution in [2.75, 3.05) is 27.4 Å². The lowest BCUT2D eigenvalue weighted by Gasteiger charge is -2.26. The molecule has 0 fully saturated rings. The van der Waals surface area contributed by atoms with Crippen LogP contribution in [0.15, 0.2) is 61.9 Å². The fourth-order valence-electron chi connectivity index (χ4n) is 4.20. The van der Waals surface area contributed by atoms with Gasteiger partial charge in [-0.3, -0.25) is 9.36 Å². The first-order valence-electron chi connectivity index (χ1n) is 11.7. The van der Waals surface area contributed by atoms with Crippen molar-refractivity contribution in [1.29, 1.82) is 0 Å². The summed E-state index contributed by atoms with van der Waals surface area (Å²) < 4.78 is 24.8. The smallest absolute Gasteiger partial charge is 0.338 e. The molecule has 0 unspecified atom stereocenters. The molecule has 1 aliphatic rings. The highest BCUT2D eigenvalue weighted by atomic mass is 79.9. The number of carbonyl (C=O) groups is 1. The van der Waals surface area contributed by atoms with Gasteiger partial charge < -0.3 is 18.9 Å². The quantitative estimate of drug-likeness (QED) is 0.371. The number of halogens is 1. The maximum Gasteiger partial charge on any atom is 0.338 e. The number of nitrogens with zero attached hydrogens (tertiary/aromatic N) is 2. The van der Waals surface area contributed by atoms with E-state index >= 15 is 0 Å². The zero-order chi connectivity index (χ0) is 26.7. The number of aromatic nitrogens is 1. The number of thiazole rings is 1. The van der Waals surface area contributed by atoms with Gasteiger partial charge in [0.1, 0.15) is 11.8 Å². The van der Waals surface area contributed by atoms with Crippen molar-refractivity contribution in [3.8, 4) is 17.2 Å². The van der Waals surface area contributed by atoms with Gasteiger partial charge in [0.2, 0.25) is 0 Å². The van der Waals surface area contributed by atoms with Crippen LogP contribution < -0.4 is 29.1 Å². The highest BCUT2D eigenvalue weighted by Gasteiger charge is 2.35. The third-order valence-corrected chi connectivity index (χ3v) is 7.49. The molecule has 1 aliphatic heterocycles. The number of ether oxygens (including phenoxy) is 4. The molecule has 1 atom stereocenters. The Morgan fingerprint density at radius 3 is 2.49 bits per heavy atom. The molecule has 0 N–H and O–H groups in total. The first-order valence-corrected chi connectivity index (χ1v) is 13.3. The van der Waals surface area contributed by atoms with Crippen LogP contribution in [-0.2, 0) is 9.53 Å². The van der Waals surface area contributed by atoms with Crippen LogP contribution in [0.2, 0.25) is 0 Å². The van der Waals surface area contributed by atoms with Crippen molar-refractivity contribution >= 4 is 39.3 Å². The summed E-state index contributed by atoms with van der Waals surface area (Å²) in [7, 11) is 3.12. The van der Waals surface area contributed by atoms with Crippen LogP contribution in [-0.4, -0.2) is 38.0 Å². The number of hydrogen-bond donors (Lipinski definition) is 0. The second-order valence-corrected chi connectivity index (χ2v) is 9.87. The van der Waals surface area contributed by atoms with Crippen molar-refractivity contribution in [1.82, 2.24) is 4.57 Å². The predicted molar refractivity (Wildman–Crippen MR) is 145 cm³/mol. The molecule has 0 aliphatic carbocycles. The van der Waals surface area contributed by atoms with Crippen molar-refractivity contribution in [2.45, 2.75) is 26.8 Å². The predicted octanol–water partition coefficient (Wildman–Crippen LogP) is 3.98. The van der Waals surface area contributed by atoms with Gasteiger partial charge in [-0.15, -0.1) is 0 Å². The number of benzene rings is 2. The number of esters is 1. The van der Waals surface area contributed by atoms with Crippen LogP contribution in [0.5, 0.6) is 17.2 Å². The Balaban J connectivity index is 1.98. The van der Waals surface area contributed by atoms with Crippen LogP contribution in [0.3, 0.4) is 0 Å². The Labute approximate surface area is 226 Å².